The monoisotopic (exact) mass is 561 g/mol. The van der Waals surface area contributed by atoms with Crippen molar-refractivity contribution in [2.45, 2.75) is 50.1 Å². The maximum atomic E-state index is 12.3. The third-order valence-electron chi connectivity index (χ3n) is 7.52. The molecule has 2 aliphatic rings. The summed E-state index contributed by atoms with van der Waals surface area (Å²) in [5.74, 6) is 0.486. The van der Waals surface area contributed by atoms with Gasteiger partial charge in [0.05, 0.1) is 31.0 Å². The standard InChI is InChI=1S/C31H32ClN3O5/c1-35-18-24(26(37-2)17-27(35)36)20-11-14-25-23(16-20)29(34-30(32)33-25)31(40-22-12-13-22,21-8-4-3-5-9-21)19-39-28-10-6-7-15-38-28/h3-5,8-9,11,14,16-18,22,28H,6-7,10,12-13,15,19H2,1-2H3. The first-order chi connectivity index (χ1) is 19.5. The molecule has 0 bridgehead atoms. The van der Waals surface area contributed by atoms with Crippen molar-refractivity contribution in [2.75, 3.05) is 20.3 Å². The Balaban J connectivity index is 1.56. The fourth-order valence-electron chi connectivity index (χ4n) is 5.25. The van der Waals surface area contributed by atoms with Gasteiger partial charge in [-0.05, 0) is 67.0 Å². The Morgan fingerprint density at radius 2 is 1.90 bits per heavy atom. The zero-order valence-electron chi connectivity index (χ0n) is 22.6. The van der Waals surface area contributed by atoms with Crippen LogP contribution in [0.5, 0.6) is 5.75 Å². The third kappa shape index (κ3) is 5.37. The average Bonchev–Trinajstić information content (AvgIpc) is 3.81. The van der Waals surface area contributed by atoms with Gasteiger partial charge in [0.25, 0.3) is 5.56 Å². The van der Waals surface area contributed by atoms with Crippen LogP contribution in [0.25, 0.3) is 22.0 Å². The van der Waals surface area contributed by atoms with Crippen LogP contribution in [0, 0.1) is 0 Å². The van der Waals surface area contributed by atoms with E-state index in [0.29, 0.717) is 23.6 Å². The first-order valence-corrected chi connectivity index (χ1v) is 14.0. The Hall–Kier alpha value is -3.30. The van der Waals surface area contributed by atoms with Gasteiger partial charge in [-0.2, -0.15) is 0 Å². The number of pyridine rings is 1. The highest BCUT2D eigenvalue weighted by Crippen LogP contribution is 2.44. The second-order valence-electron chi connectivity index (χ2n) is 10.4. The second-order valence-corrected chi connectivity index (χ2v) is 10.7. The molecule has 2 fully saturated rings. The van der Waals surface area contributed by atoms with Crippen molar-refractivity contribution in [1.29, 1.82) is 0 Å². The molecule has 1 aliphatic carbocycles. The molecule has 40 heavy (non-hydrogen) atoms. The largest absolute Gasteiger partial charge is 0.496 e. The van der Waals surface area contributed by atoms with E-state index >= 15 is 0 Å². The molecule has 0 N–H and O–H groups in total. The number of fused-ring (bicyclic) bond motifs is 1. The van der Waals surface area contributed by atoms with E-state index in [2.05, 4.69) is 4.98 Å². The summed E-state index contributed by atoms with van der Waals surface area (Å²) in [4.78, 5) is 21.7. The van der Waals surface area contributed by atoms with Crippen molar-refractivity contribution >= 4 is 22.5 Å². The van der Waals surface area contributed by atoms with E-state index in [1.165, 1.54) is 10.6 Å². The number of methoxy groups -OCH3 is 1. The van der Waals surface area contributed by atoms with Crippen LogP contribution in [0.3, 0.4) is 0 Å². The summed E-state index contributed by atoms with van der Waals surface area (Å²) in [5, 5.41) is 0.902. The van der Waals surface area contributed by atoms with Crippen molar-refractivity contribution in [2.24, 2.45) is 7.05 Å². The van der Waals surface area contributed by atoms with Crippen LogP contribution < -0.4 is 10.3 Å². The highest BCUT2D eigenvalue weighted by Gasteiger charge is 2.45. The number of aromatic nitrogens is 3. The Kier molecular flexibility index (Phi) is 7.59. The van der Waals surface area contributed by atoms with E-state index in [1.54, 1.807) is 20.4 Å². The van der Waals surface area contributed by atoms with Gasteiger partial charge in [-0.15, -0.1) is 0 Å². The van der Waals surface area contributed by atoms with Crippen LogP contribution in [0.15, 0.2) is 65.6 Å². The molecule has 2 atom stereocenters. The number of ether oxygens (including phenoxy) is 4. The lowest BCUT2D eigenvalue weighted by Gasteiger charge is -2.36. The molecule has 6 rings (SSSR count). The number of hydrogen-bond acceptors (Lipinski definition) is 7. The normalized spacial score (nSPS) is 18.9. The van der Waals surface area contributed by atoms with Crippen LogP contribution in [0.1, 0.15) is 43.4 Å². The van der Waals surface area contributed by atoms with Crippen molar-refractivity contribution in [1.82, 2.24) is 14.5 Å². The molecule has 9 heteroatoms. The molecule has 2 aromatic carbocycles. The fraction of sp³-hybridized carbons (Fsp3) is 0.387. The van der Waals surface area contributed by atoms with E-state index in [0.717, 1.165) is 54.2 Å². The van der Waals surface area contributed by atoms with Gasteiger partial charge in [-0.25, -0.2) is 9.97 Å². The minimum atomic E-state index is -1.06. The van der Waals surface area contributed by atoms with E-state index in [1.807, 2.05) is 48.5 Å². The van der Waals surface area contributed by atoms with Gasteiger partial charge in [0, 0.05) is 36.9 Å². The van der Waals surface area contributed by atoms with Crippen molar-refractivity contribution in [3.63, 3.8) is 0 Å². The Labute approximate surface area is 237 Å². The lowest BCUT2D eigenvalue weighted by Crippen LogP contribution is -2.41. The molecule has 3 heterocycles. The van der Waals surface area contributed by atoms with Crippen molar-refractivity contribution in [3.8, 4) is 16.9 Å². The van der Waals surface area contributed by atoms with Gasteiger partial charge in [-0.3, -0.25) is 4.79 Å². The minimum absolute atomic E-state index is 0.0757. The van der Waals surface area contributed by atoms with E-state index in [4.69, 9.17) is 35.5 Å². The molecule has 2 aromatic heterocycles. The van der Waals surface area contributed by atoms with Gasteiger partial charge in [0.2, 0.25) is 5.28 Å². The summed E-state index contributed by atoms with van der Waals surface area (Å²) >= 11 is 6.56. The smallest absolute Gasteiger partial charge is 0.254 e. The Morgan fingerprint density at radius 1 is 1.07 bits per heavy atom. The lowest BCUT2D eigenvalue weighted by molar-refractivity contribution is -0.197. The summed E-state index contributed by atoms with van der Waals surface area (Å²) in [5.41, 5.74) is 2.63. The Bertz CT molecular complexity index is 1570. The lowest BCUT2D eigenvalue weighted by atomic mass is 9.87. The summed E-state index contributed by atoms with van der Waals surface area (Å²) in [6.45, 7) is 0.882. The zero-order valence-corrected chi connectivity index (χ0v) is 23.4. The molecule has 8 nitrogen and oxygen atoms in total. The predicted octanol–water partition coefficient (Wildman–Crippen LogP) is 5.62. The van der Waals surface area contributed by atoms with Gasteiger partial charge in [0.15, 0.2) is 11.9 Å². The molecule has 0 amide bonds. The van der Waals surface area contributed by atoms with Gasteiger partial charge >= 0.3 is 0 Å². The van der Waals surface area contributed by atoms with Crippen molar-refractivity contribution in [3.05, 3.63) is 87.7 Å². The number of benzene rings is 2. The van der Waals surface area contributed by atoms with Crippen LogP contribution >= 0.6 is 11.6 Å². The number of halogens is 1. The number of aryl methyl sites for hydroxylation is 1. The highest BCUT2D eigenvalue weighted by molar-refractivity contribution is 6.28. The topological polar surface area (TPSA) is 84.7 Å². The number of hydrogen-bond donors (Lipinski definition) is 0. The first kappa shape index (κ1) is 26.9. The fourth-order valence-corrected chi connectivity index (χ4v) is 5.43. The van der Waals surface area contributed by atoms with Gasteiger partial charge < -0.3 is 23.5 Å². The molecule has 208 valence electrons. The summed E-state index contributed by atoms with van der Waals surface area (Å²) < 4.78 is 26.4. The molecular formula is C31H32ClN3O5. The van der Waals surface area contributed by atoms with Gasteiger partial charge in [-0.1, -0.05) is 36.4 Å². The third-order valence-corrected chi connectivity index (χ3v) is 7.68. The van der Waals surface area contributed by atoms with Crippen LogP contribution in [-0.4, -0.2) is 47.3 Å². The molecule has 0 radical (unpaired) electrons. The molecule has 1 saturated heterocycles. The minimum Gasteiger partial charge on any atom is -0.496 e. The maximum Gasteiger partial charge on any atom is 0.254 e. The molecule has 1 saturated carbocycles. The SMILES string of the molecule is COc1cc(=O)n(C)cc1-c1ccc2nc(Cl)nc(C(COC3CCCCO3)(OC3CC3)c3ccccc3)c2c1. The predicted molar refractivity (Wildman–Crippen MR) is 153 cm³/mol. The average molecular weight is 562 g/mol. The molecular weight excluding hydrogens is 530 g/mol. The highest BCUT2D eigenvalue weighted by atomic mass is 35.5. The second kappa shape index (κ2) is 11.3. The van der Waals surface area contributed by atoms with Crippen LogP contribution in [0.4, 0.5) is 0 Å². The van der Waals surface area contributed by atoms with Crippen LogP contribution in [0.2, 0.25) is 5.28 Å². The molecule has 1 aliphatic heterocycles. The number of rotatable bonds is 9. The number of nitrogens with zero attached hydrogens (tertiary/aromatic N) is 3. The maximum absolute atomic E-state index is 12.3. The van der Waals surface area contributed by atoms with Gasteiger partial charge in [0.1, 0.15) is 5.75 Å². The molecule has 0 spiro atoms. The molecule has 4 aromatic rings. The van der Waals surface area contributed by atoms with E-state index in [9.17, 15) is 4.79 Å². The van der Waals surface area contributed by atoms with E-state index < -0.39 is 5.60 Å². The summed E-state index contributed by atoms with van der Waals surface area (Å²) in [6.07, 6.45) is 6.38. The zero-order chi connectivity index (χ0) is 27.7. The summed E-state index contributed by atoms with van der Waals surface area (Å²) in [6, 6.07) is 17.4. The molecule has 2 unspecified atom stereocenters. The summed E-state index contributed by atoms with van der Waals surface area (Å²) in [7, 11) is 3.28. The van der Waals surface area contributed by atoms with Crippen molar-refractivity contribution < 1.29 is 18.9 Å². The quantitative estimate of drug-likeness (QED) is 0.245. The van der Waals surface area contributed by atoms with Crippen LogP contribution in [-0.2, 0) is 26.9 Å². The first-order valence-electron chi connectivity index (χ1n) is 13.7. The Morgan fingerprint density at radius 3 is 2.62 bits per heavy atom. The van der Waals surface area contributed by atoms with E-state index in [-0.39, 0.29) is 29.8 Å².